The number of rotatable bonds is 6. The molecule has 0 saturated carbocycles. The van der Waals surface area contributed by atoms with Gasteiger partial charge in [-0.2, -0.15) is 0 Å². The SMILES string of the molecule is CC(O)(CNC(=O)Cc1ccc(OC(F)(F)F)cc1)c1ccco1. The van der Waals surface area contributed by atoms with Crippen molar-refractivity contribution in [2.75, 3.05) is 6.54 Å². The quantitative estimate of drug-likeness (QED) is 0.846. The summed E-state index contributed by atoms with van der Waals surface area (Å²) in [5.41, 5.74) is -0.844. The molecule has 0 saturated heterocycles. The predicted octanol–water partition coefficient (Wildman–Crippen LogP) is 2.74. The van der Waals surface area contributed by atoms with Crippen molar-refractivity contribution in [1.82, 2.24) is 5.32 Å². The van der Waals surface area contributed by atoms with Gasteiger partial charge in [0.05, 0.1) is 19.2 Å². The average molecular weight is 343 g/mol. The second kappa shape index (κ2) is 6.96. The van der Waals surface area contributed by atoms with E-state index in [1.54, 1.807) is 12.1 Å². The first kappa shape index (κ1) is 17.9. The van der Waals surface area contributed by atoms with Crippen LogP contribution in [0.1, 0.15) is 18.2 Å². The third-order valence-electron chi connectivity index (χ3n) is 3.20. The third kappa shape index (κ3) is 5.31. The van der Waals surface area contributed by atoms with Crippen LogP contribution < -0.4 is 10.1 Å². The van der Waals surface area contributed by atoms with E-state index in [0.717, 1.165) is 12.1 Å². The van der Waals surface area contributed by atoms with Crippen molar-refractivity contribution in [3.05, 3.63) is 54.0 Å². The minimum Gasteiger partial charge on any atom is -0.466 e. The second-order valence-electron chi connectivity index (χ2n) is 5.40. The summed E-state index contributed by atoms with van der Waals surface area (Å²) >= 11 is 0. The highest BCUT2D eigenvalue weighted by molar-refractivity contribution is 5.78. The molecular weight excluding hydrogens is 327 g/mol. The van der Waals surface area contributed by atoms with E-state index in [4.69, 9.17) is 4.42 Å². The topological polar surface area (TPSA) is 71.7 Å². The number of halogens is 3. The van der Waals surface area contributed by atoms with Crippen LogP contribution in [0, 0.1) is 0 Å². The summed E-state index contributed by atoms with van der Waals surface area (Å²) in [6, 6.07) is 8.21. The molecule has 0 aliphatic carbocycles. The van der Waals surface area contributed by atoms with Gasteiger partial charge in [-0.05, 0) is 36.8 Å². The molecule has 0 spiro atoms. The number of ether oxygens (including phenoxy) is 1. The molecule has 0 bridgehead atoms. The fraction of sp³-hybridized carbons (Fsp3) is 0.312. The number of alkyl halides is 3. The van der Waals surface area contributed by atoms with Crippen LogP contribution in [0.4, 0.5) is 13.2 Å². The number of amides is 1. The first-order chi connectivity index (χ1) is 11.2. The molecule has 1 aromatic carbocycles. The van der Waals surface area contributed by atoms with E-state index in [9.17, 15) is 23.1 Å². The van der Waals surface area contributed by atoms with Crippen molar-refractivity contribution in [3.63, 3.8) is 0 Å². The van der Waals surface area contributed by atoms with Crippen LogP contribution in [0.2, 0.25) is 0 Å². The van der Waals surface area contributed by atoms with Gasteiger partial charge in [0.1, 0.15) is 17.1 Å². The van der Waals surface area contributed by atoms with Crippen LogP contribution in [0.3, 0.4) is 0 Å². The van der Waals surface area contributed by atoms with Gasteiger partial charge >= 0.3 is 6.36 Å². The summed E-state index contributed by atoms with van der Waals surface area (Å²) in [5, 5.41) is 12.8. The molecule has 1 amide bonds. The number of nitrogens with one attached hydrogen (secondary N) is 1. The molecule has 2 N–H and O–H groups in total. The van der Waals surface area contributed by atoms with Crippen LogP contribution in [-0.4, -0.2) is 23.9 Å². The van der Waals surface area contributed by atoms with Gasteiger partial charge in [0, 0.05) is 0 Å². The number of benzene rings is 1. The zero-order valence-electron chi connectivity index (χ0n) is 12.8. The number of furan rings is 1. The van der Waals surface area contributed by atoms with Crippen LogP contribution in [0.5, 0.6) is 5.75 Å². The van der Waals surface area contributed by atoms with Gasteiger partial charge in [-0.15, -0.1) is 13.2 Å². The van der Waals surface area contributed by atoms with Crippen molar-refractivity contribution in [1.29, 1.82) is 0 Å². The van der Waals surface area contributed by atoms with Gasteiger partial charge < -0.3 is 19.6 Å². The number of carbonyl (C=O) groups excluding carboxylic acids is 1. The lowest BCUT2D eigenvalue weighted by atomic mass is 10.0. The largest absolute Gasteiger partial charge is 0.573 e. The van der Waals surface area contributed by atoms with E-state index in [0.29, 0.717) is 11.3 Å². The fourth-order valence-electron chi connectivity index (χ4n) is 2.00. The Morgan fingerprint density at radius 3 is 2.46 bits per heavy atom. The Balaban J connectivity index is 1.86. The van der Waals surface area contributed by atoms with Crippen molar-refractivity contribution < 1.29 is 32.2 Å². The highest BCUT2D eigenvalue weighted by Crippen LogP contribution is 2.23. The molecule has 130 valence electrons. The Bertz CT molecular complexity index is 664. The van der Waals surface area contributed by atoms with Gasteiger partial charge in [-0.25, -0.2) is 0 Å². The smallest absolute Gasteiger partial charge is 0.466 e. The maximum Gasteiger partial charge on any atom is 0.573 e. The Morgan fingerprint density at radius 2 is 1.92 bits per heavy atom. The molecule has 2 aromatic rings. The fourth-order valence-corrected chi connectivity index (χ4v) is 2.00. The van der Waals surface area contributed by atoms with Crippen LogP contribution in [-0.2, 0) is 16.8 Å². The summed E-state index contributed by atoms with van der Waals surface area (Å²) in [5.74, 6) is -0.421. The highest BCUT2D eigenvalue weighted by Gasteiger charge is 2.31. The van der Waals surface area contributed by atoms with Gasteiger partial charge in [0.2, 0.25) is 5.91 Å². The maximum atomic E-state index is 12.1. The lowest BCUT2D eigenvalue weighted by Gasteiger charge is -2.21. The first-order valence-electron chi connectivity index (χ1n) is 7.03. The summed E-state index contributed by atoms with van der Waals surface area (Å²) in [6.45, 7) is 1.43. The van der Waals surface area contributed by atoms with Crippen molar-refractivity contribution in [2.24, 2.45) is 0 Å². The van der Waals surface area contributed by atoms with Gasteiger partial charge in [0.15, 0.2) is 0 Å². The number of carbonyl (C=O) groups is 1. The monoisotopic (exact) mass is 343 g/mol. The molecule has 0 aliphatic heterocycles. The molecule has 24 heavy (non-hydrogen) atoms. The van der Waals surface area contributed by atoms with E-state index < -0.39 is 12.0 Å². The van der Waals surface area contributed by atoms with Crippen molar-refractivity contribution in [2.45, 2.75) is 25.3 Å². The molecule has 2 rings (SSSR count). The summed E-state index contributed by atoms with van der Waals surface area (Å²) in [4.78, 5) is 11.9. The maximum absolute atomic E-state index is 12.1. The molecule has 5 nitrogen and oxygen atoms in total. The average Bonchev–Trinajstić information content (AvgIpc) is 3.01. The zero-order chi connectivity index (χ0) is 17.8. The molecular formula is C16H16F3NO4. The molecule has 8 heteroatoms. The number of aliphatic hydroxyl groups is 1. The molecule has 0 aliphatic rings. The second-order valence-corrected chi connectivity index (χ2v) is 5.40. The molecule has 0 radical (unpaired) electrons. The van der Waals surface area contributed by atoms with Crippen molar-refractivity contribution in [3.8, 4) is 5.75 Å². The molecule has 1 aromatic heterocycles. The summed E-state index contributed by atoms with van der Waals surface area (Å²) < 4.78 is 45.0. The number of hydrogen-bond acceptors (Lipinski definition) is 4. The van der Waals surface area contributed by atoms with Gasteiger partial charge in [0.25, 0.3) is 0 Å². The van der Waals surface area contributed by atoms with E-state index in [1.807, 2.05) is 0 Å². The van der Waals surface area contributed by atoms with E-state index >= 15 is 0 Å². The standard InChI is InChI=1S/C16H16F3NO4/c1-15(22,13-3-2-8-23-13)10-20-14(21)9-11-4-6-12(7-5-11)24-16(17,18)19/h2-8,22H,9-10H2,1H3,(H,20,21). The molecule has 1 unspecified atom stereocenters. The number of hydrogen-bond donors (Lipinski definition) is 2. The minimum atomic E-state index is -4.75. The van der Waals surface area contributed by atoms with E-state index in [-0.39, 0.29) is 24.6 Å². The predicted molar refractivity (Wildman–Crippen MR) is 78.1 cm³/mol. The third-order valence-corrected chi connectivity index (χ3v) is 3.20. The van der Waals surface area contributed by atoms with Crippen LogP contribution in [0.25, 0.3) is 0 Å². The van der Waals surface area contributed by atoms with Gasteiger partial charge in [-0.3, -0.25) is 4.79 Å². The van der Waals surface area contributed by atoms with E-state index in [2.05, 4.69) is 10.1 Å². The Kier molecular flexibility index (Phi) is 5.18. The Hall–Kier alpha value is -2.48. The summed E-state index contributed by atoms with van der Waals surface area (Å²) in [7, 11) is 0. The molecule has 1 atom stereocenters. The van der Waals surface area contributed by atoms with Crippen LogP contribution >= 0.6 is 0 Å². The summed E-state index contributed by atoms with van der Waals surface area (Å²) in [6.07, 6.45) is -3.38. The first-order valence-corrected chi connectivity index (χ1v) is 7.03. The Labute approximate surface area is 136 Å². The van der Waals surface area contributed by atoms with Crippen LogP contribution in [0.15, 0.2) is 47.1 Å². The highest BCUT2D eigenvalue weighted by atomic mass is 19.4. The molecule has 0 fully saturated rings. The lowest BCUT2D eigenvalue weighted by molar-refractivity contribution is -0.274. The normalized spacial score (nSPS) is 14.0. The molecule has 1 heterocycles. The van der Waals surface area contributed by atoms with E-state index in [1.165, 1.54) is 25.3 Å². The minimum absolute atomic E-state index is 0.0411. The Morgan fingerprint density at radius 1 is 1.25 bits per heavy atom. The zero-order valence-corrected chi connectivity index (χ0v) is 12.8. The van der Waals surface area contributed by atoms with Gasteiger partial charge in [-0.1, -0.05) is 12.1 Å². The van der Waals surface area contributed by atoms with Crippen molar-refractivity contribution >= 4 is 5.91 Å². The lowest BCUT2D eigenvalue weighted by Crippen LogP contribution is -2.39.